The van der Waals surface area contributed by atoms with Crippen LogP contribution in [-0.4, -0.2) is 41.4 Å². The van der Waals surface area contributed by atoms with Gasteiger partial charge in [-0.05, 0) is 32.0 Å². The zero-order valence-electron chi connectivity index (χ0n) is 15.3. The van der Waals surface area contributed by atoms with Gasteiger partial charge in [0.05, 0.1) is 35.3 Å². The Morgan fingerprint density at radius 1 is 1.23 bits per heavy atom. The fourth-order valence-electron chi connectivity index (χ4n) is 2.70. The molecule has 3 heterocycles. The number of ketones is 1. The fourth-order valence-corrected chi connectivity index (χ4v) is 2.70. The summed E-state index contributed by atoms with van der Waals surface area (Å²) < 4.78 is 5.52. The minimum Gasteiger partial charge on any atom is -0.478 e. The molecule has 1 N–H and O–H groups in total. The third-order valence-corrected chi connectivity index (χ3v) is 3.78. The number of carbonyl (C=O) groups excluding carboxylic acids is 1. The van der Waals surface area contributed by atoms with E-state index in [0.717, 1.165) is 5.69 Å². The number of aromatic nitrogens is 3. The maximum atomic E-state index is 12.5. The molecular formula is C19H21N5O2. The molecule has 134 valence electrons. The first-order valence-corrected chi connectivity index (χ1v) is 8.34. The summed E-state index contributed by atoms with van der Waals surface area (Å²) in [6.45, 7) is 3.93. The van der Waals surface area contributed by atoms with Crippen LogP contribution in [0.2, 0.25) is 0 Å². The first kappa shape index (κ1) is 17.6. The van der Waals surface area contributed by atoms with Crippen molar-refractivity contribution in [1.82, 2.24) is 15.0 Å². The van der Waals surface area contributed by atoms with Gasteiger partial charge in [0.15, 0.2) is 5.78 Å². The van der Waals surface area contributed by atoms with Crippen LogP contribution in [-0.2, 0) is 0 Å². The van der Waals surface area contributed by atoms with Gasteiger partial charge in [-0.2, -0.15) is 0 Å². The van der Waals surface area contributed by atoms with Gasteiger partial charge in [0.2, 0.25) is 5.88 Å². The smallest absolute Gasteiger partial charge is 0.213 e. The molecule has 0 aliphatic heterocycles. The van der Waals surface area contributed by atoms with E-state index >= 15 is 0 Å². The normalized spacial score (nSPS) is 10.6. The highest BCUT2D eigenvalue weighted by molar-refractivity contribution is 6.11. The van der Waals surface area contributed by atoms with Gasteiger partial charge >= 0.3 is 0 Å². The highest BCUT2D eigenvalue weighted by Crippen LogP contribution is 2.34. The van der Waals surface area contributed by atoms with Crippen molar-refractivity contribution < 1.29 is 9.53 Å². The second-order valence-corrected chi connectivity index (χ2v) is 5.95. The lowest BCUT2D eigenvalue weighted by molar-refractivity contribution is 0.101. The van der Waals surface area contributed by atoms with Gasteiger partial charge < -0.3 is 15.0 Å². The van der Waals surface area contributed by atoms with E-state index < -0.39 is 0 Å². The molecule has 0 spiro atoms. The Hall–Kier alpha value is -3.22. The summed E-state index contributed by atoms with van der Waals surface area (Å²) in [5.74, 6) is 0.976. The molecule has 0 aliphatic rings. The summed E-state index contributed by atoms with van der Waals surface area (Å²) in [5, 5.41) is 3.29. The van der Waals surface area contributed by atoms with Gasteiger partial charge in [-0.15, -0.1) is 0 Å². The summed E-state index contributed by atoms with van der Waals surface area (Å²) in [6.07, 6.45) is 3.39. The fraction of sp³-hybridized carbons (Fsp3) is 0.263. The minimum atomic E-state index is -0.0990. The van der Waals surface area contributed by atoms with Crippen LogP contribution in [0.25, 0.3) is 11.0 Å². The quantitative estimate of drug-likeness (QED) is 0.681. The van der Waals surface area contributed by atoms with Gasteiger partial charge in [0.1, 0.15) is 11.3 Å². The molecule has 7 nitrogen and oxygen atoms in total. The molecule has 0 saturated heterocycles. The summed E-state index contributed by atoms with van der Waals surface area (Å²) >= 11 is 0. The molecule has 0 amide bonds. The van der Waals surface area contributed by atoms with Crippen molar-refractivity contribution in [3.05, 3.63) is 42.2 Å². The van der Waals surface area contributed by atoms with E-state index in [1.54, 1.807) is 18.5 Å². The van der Waals surface area contributed by atoms with Crippen molar-refractivity contribution in [3.63, 3.8) is 0 Å². The van der Waals surface area contributed by atoms with E-state index in [4.69, 9.17) is 4.74 Å². The number of rotatable bonds is 6. The number of carbonyl (C=O) groups is 1. The average Bonchev–Trinajstić information content (AvgIpc) is 2.62. The van der Waals surface area contributed by atoms with Gasteiger partial charge in [0, 0.05) is 26.4 Å². The van der Waals surface area contributed by atoms with Crippen LogP contribution in [0.15, 0.2) is 36.7 Å². The Bertz CT molecular complexity index is 942. The Morgan fingerprint density at radius 2 is 2.04 bits per heavy atom. The summed E-state index contributed by atoms with van der Waals surface area (Å²) in [5.41, 5.74) is 3.09. The summed E-state index contributed by atoms with van der Waals surface area (Å²) in [7, 11) is 3.72. The molecule has 7 heteroatoms. The van der Waals surface area contributed by atoms with Crippen molar-refractivity contribution in [2.45, 2.75) is 13.8 Å². The molecule has 0 saturated carbocycles. The van der Waals surface area contributed by atoms with Crippen molar-refractivity contribution in [2.75, 3.05) is 30.9 Å². The van der Waals surface area contributed by atoms with E-state index in [9.17, 15) is 4.79 Å². The number of fused-ring (bicyclic) bond motifs is 1. The first-order chi connectivity index (χ1) is 12.5. The van der Waals surface area contributed by atoms with Crippen molar-refractivity contribution in [1.29, 1.82) is 0 Å². The number of nitrogens with zero attached hydrogens (tertiary/aromatic N) is 4. The monoisotopic (exact) mass is 351 g/mol. The lowest BCUT2D eigenvalue weighted by atomic mass is 10.1. The van der Waals surface area contributed by atoms with Crippen LogP contribution in [0, 0.1) is 0 Å². The molecule has 0 bridgehead atoms. The SMILES string of the molecule is CCOc1ccc2nc(N(C)C)c(C(C)=O)c(Nc3cccnc3)c2n1. The zero-order valence-corrected chi connectivity index (χ0v) is 15.3. The lowest BCUT2D eigenvalue weighted by Gasteiger charge is -2.20. The van der Waals surface area contributed by atoms with Crippen LogP contribution in [0.5, 0.6) is 5.88 Å². The van der Waals surface area contributed by atoms with Gasteiger partial charge in [-0.1, -0.05) is 0 Å². The van der Waals surface area contributed by atoms with Crippen LogP contribution in [0.1, 0.15) is 24.2 Å². The topological polar surface area (TPSA) is 80.2 Å². The van der Waals surface area contributed by atoms with Gasteiger partial charge in [-0.3, -0.25) is 9.78 Å². The van der Waals surface area contributed by atoms with Crippen LogP contribution < -0.4 is 15.0 Å². The van der Waals surface area contributed by atoms with Crippen LogP contribution in [0.4, 0.5) is 17.2 Å². The summed E-state index contributed by atoms with van der Waals surface area (Å²) in [6, 6.07) is 7.33. The molecule has 0 radical (unpaired) electrons. The third kappa shape index (κ3) is 3.42. The molecular weight excluding hydrogens is 330 g/mol. The number of pyridine rings is 3. The Labute approximate surface area is 152 Å². The Balaban J connectivity index is 2.31. The average molecular weight is 351 g/mol. The highest BCUT2D eigenvalue weighted by Gasteiger charge is 2.21. The van der Waals surface area contributed by atoms with E-state index in [-0.39, 0.29) is 5.78 Å². The first-order valence-electron chi connectivity index (χ1n) is 8.34. The molecule has 0 fully saturated rings. The number of Topliss-reactive ketones (excluding diaryl/α,β-unsaturated/α-hetero) is 1. The number of nitrogens with one attached hydrogen (secondary N) is 1. The van der Waals surface area contributed by atoms with Crippen LogP contribution in [0.3, 0.4) is 0 Å². The van der Waals surface area contributed by atoms with Crippen molar-refractivity contribution in [2.24, 2.45) is 0 Å². The largest absolute Gasteiger partial charge is 0.478 e. The maximum Gasteiger partial charge on any atom is 0.213 e. The molecule has 3 rings (SSSR count). The predicted molar refractivity (Wildman–Crippen MR) is 103 cm³/mol. The van der Waals surface area contributed by atoms with Crippen molar-refractivity contribution >= 4 is 34.0 Å². The zero-order chi connectivity index (χ0) is 18.7. The number of hydrogen-bond acceptors (Lipinski definition) is 7. The maximum absolute atomic E-state index is 12.5. The minimum absolute atomic E-state index is 0.0990. The lowest BCUT2D eigenvalue weighted by Crippen LogP contribution is -2.17. The molecule has 0 aliphatic carbocycles. The molecule has 26 heavy (non-hydrogen) atoms. The molecule has 0 aromatic carbocycles. The predicted octanol–water partition coefficient (Wildman–Crippen LogP) is 3.44. The highest BCUT2D eigenvalue weighted by atomic mass is 16.5. The molecule has 0 unspecified atom stereocenters. The van der Waals surface area contributed by atoms with Crippen LogP contribution >= 0.6 is 0 Å². The van der Waals surface area contributed by atoms with E-state index in [2.05, 4.69) is 20.3 Å². The third-order valence-electron chi connectivity index (χ3n) is 3.78. The second kappa shape index (κ2) is 7.35. The van der Waals surface area contributed by atoms with E-state index in [1.165, 1.54) is 6.92 Å². The summed E-state index contributed by atoms with van der Waals surface area (Å²) in [4.78, 5) is 27.6. The molecule has 3 aromatic rings. The van der Waals surface area contributed by atoms with Crippen molar-refractivity contribution in [3.8, 4) is 5.88 Å². The number of anilines is 3. The Morgan fingerprint density at radius 3 is 2.65 bits per heavy atom. The van der Waals surface area contributed by atoms with Gasteiger partial charge in [0.25, 0.3) is 0 Å². The van der Waals surface area contributed by atoms with Gasteiger partial charge in [-0.25, -0.2) is 9.97 Å². The number of ether oxygens (including phenoxy) is 1. The molecule has 3 aromatic heterocycles. The van der Waals surface area contributed by atoms with E-state index in [1.807, 2.05) is 44.1 Å². The van der Waals surface area contributed by atoms with E-state index in [0.29, 0.717) is 40.6 Å². The standard InChI is InChI=1S/C19H21N5O2/c1-5-26-15-9-8-14-17(23-15)18(21-13-7-6-10-20-11-13)16(12(2)25)19(22-14)24(3)4/h6-11H,5H2,1-4H3,(H,21,22). The Kier molecular flexibility index (Phi) is 4.97. The second-order valence-electron chi connectivity index (χ2n) is 5.95. The number of hydrogen-bond donors (Lipinski definition) is 1. The molecule has 0 atom stereocenters.